The number of hydrogen-bond donors (Lipinski definition) is 1. The number of benzene rings is 1. The Morgan fingerprint density at radius 3 is 2.76 bits per heavy atom. The second-order valence-electron chi connectivity index (χ2n) is 7.40. The molecule has 0 atom stereocenters. The summed E-state index contributed by atoms with van der Waals surface area (Å²) in [5.74, 6) is 0.539. The number of ether oxygens (including phenoxy) is 1. The van der Waals surface area contributed by atoms with Gasteiger partial charge in [-0.1, -0.05) is 29.3 Å². The first-order valence-corrected chi connectivity index (χ1v) is 11.7. The summed E-state index contributed by atoms with van der Waals surface area (Å²) in [5, 5.41) is 17.9. The van der Waals surface area contributed by atoms with Gasteiger partial charge in [0.1, 0.15) is 29.8 Å². The molecule has 1 aromatic carbocycles. The van der Waals surface area contributed by atoms with Crippen molar-refractivity contribution in [2.75, 3.05) is 31.6 Å². The zero-order valence-electron chi connectivity index (χ0n) is 19.3. The van der Waals surface area contributed by atoms with Crippen molar-refractivity contribution in [1.82, 2.24) is 19.7 Å². The van der Waals surface area contributed by atoms with E-state index in [1.54, 1.807) is 40.8 Å². The lowest BCUT2D eigenvalue weighted by Crippen LogP contribution is -2.37. The van der Waals surface area contributed by atoms with Crippen LogP contribution in [0.5, 0.6) is 5.75 Å². The van der Waals surface area contributed by atoms with Crippen molar-refractivity contribution in [3.63, 3.8) is 0 Å². The fraction of sp³-hybridized carbons (Fsp3) is 0.333. The lowest BCUT2D eigenvalue weighted by atomic mass is 10.2. The number of halogens is 2. The van der Waals surface area contributed by atoms with Gasteiger partial charge < -0.3 is 15.0 Å². The molecule has 178 valence electrons. The molecule has 2 heterocycles. The van der Waals surface area contributed by atoms with Crippen molar-refractivity contribution in [3.8, 4) is 23.2 Å². The van der Waals surface area contributed by atoms with Gasteiger partial charge in [0.25, 0.3) is 0 Å². The molecule has 0 radical (unpaired) electrons. The maximum Gasteiger partial charge on any atom is 0.244 e. The molecule has 0 saturated heterocycles. The van der Waals surface area contributed by atoms with Gasteiger partial charge in [0.05, 0.1) is 28.0 Å². The first kappa shape index (κ1) is 25.3. The Morgan fingerprint density at radius 1 is 1.26 bits per heavy atom. The lowest BCUT2D eigenvalue weighted by molar-refractivity contribution is -0.131. The maximum atomic E-state index is 13.0. The first-order valence-electron chi connectivity index (χ1n) is 10.9. The monoisotopic (exact) mass is 500 g/mol. The van der Waals surface area contributed by atoms with Gasteiger partial charge in [-0.15, -0.1) is 0 Å². The molecule has 1 N–H and O–H groups in total. The average Bonchev–Trinajstić information content (AvgIpc) is 3.12. The summed E-state index contributed by atoms with van der Waals surface area (Å²) < 4.78 is 7.09. The normalized spacial score (nSPS) is 10.6. The van der Waals surface area contributed by atoms with E-state index in [9.17, 15) is 4.79 Å². The number of nitrogens with one attached hydrogen (secondary N) is 1. The number of aromatic nitrogens is 3. The fourth-order valence-corrected chi connectivity index (χ4v) is 3.78. The molecule has 0 fully saturated rings. The van der Waals surface area contributed by atoms with E-state index in [2.05, 4.69) is 15.4 Å². The van der Waals surface area contributed by atoms with Crippen LogP contribution in [-0.2, 0) is 11.3 Å². The van der Waals surface area contributed by atoms with Gasteiger partial charge in [-0.05, 0) is 45.0 Å². The number of anilines is 1. The standard InChI is InChI=1S/C24H26Cl2N6O2/c1-4-31(12-11-28-17-9-10-19(25)21(13-17)34-5-2)22(33)15-32-16(3)23(26)24(30-32)20-8-6-7-18(14-27)29-20/h6-10,13,28H,4-5,11-12,15H2,1-3H3. The summed E-state index contributed by atoms with van der Waals surface area (Å²) in [6, 6.07) is 12.6. The van der Waals surface area contributed by atoms with Gasteiger partial charge >= 0.3 is 0 Å². The van der Waals surface area contributed by atoms with Gasteiger partial charge in [-0.2, -0.15) is 10.4 Å². The van der Waals surface area contributed by atoms with Crippen molar-refractivity contribution in [3.05, 3.63) is 57.8 Å². The van der Waals surface area contributed by atoms with Gasteiger partial charge in [0.15, 0.2) is 0 Å². The van der Waals surface area contributed by atoms with Crippen molar-refractivity contribution in [2.45, 2.75) is 27.3 Å². The van der Waals surface area contributed by atoms with Crippen LogP contribution in [0.25, 0.3) is 11.4 Å². The Bertz CT molecular complexity index is 1200. The van der Waals surface area contributed by atoms with E-state index >= 15 is 0 Å². The van der Waals surface area contributed by atoms with Crippen molar-refractivity contribution >= 4 is 34.8 Å². The molecule has 3 rings (SSSR count). The number of nitriles is 1. The van der Waals surface area contributed by atoms with Crippen molar-refractivity contribution in [1.29, 1.82) is 5.26 Å². The fourth-order valence-electron chi connectivity index (χ4n) is 3.37. The highest BCUT2D eigenvalue weighted by Crippen LogP contribution is 2.29. The first-order chi connectivity index (χ1) is 16.4. The molecule has 0 aliphatic rings. The summed E-state index contributed by atoms with van der Waals surface area (Å²) in [7, 11) is 0. The molecule has 0 aliphatic carbocycles. The molecule has 34 heavy (non-hydrogen) atoms. The third-order valence-corrected chi connectivity index (χ3v) is 5.97. The predicted molar refractivity (Wildman–Crippen MR) is 133 cm³/mol. The van der Waals surface area contributed by atoms with Crippen LogP contribution in [-0.4, -0.2) is 51.8 Å². The van der Waals surface area contributed by atoms with Crippen LogP contribution in [0.3, 0.4) is 0 Å². The Morgan fingerprint density at radius 2 is 2.06 bits per heavy atom. The minimum absolute atomic E-state index is 0.0484. The predicted octanol–water partition coefficient (Wildman–Crippen LogP) is 4.79. The maximum absolute atomic E-state index is 13.0. The smallest absolute Gasteiger partial charge is 0.244 e. The molecule has 10 heteroatoms. The zero-order chi connectivity index (χ0) is 24.7. The van der Waals surface area contributed by atoms with E-state index in [1.165, 1.54) is 0 Å². The Balaban J connectivity index is 1.65. The lowest BCUT2D eigenvalue weighted by Gasteiger charge is -2.22. The van der Waals surface area contributed by atoms with E-state index in [1.807, 2.05) is 32.0 Å². The number of hydrogen-bond acceptors (Lipinski definition) is 6. The highest BCUT2D eigenvalue weighted by Gasteiger charge is 2.20. The largest absolute Gasteiger partial charge is 0.492 e. The average molecular weight is 501 g/mol. The van der Waals surface area contributed by atoms with Crippen LogP contribution in [0.4, 0.5) is 5.69 Å². The number of pyridine rings is 1. The zero-order valence-corrected chi connectivity index (χ0v) is 20.8. The minimum Gasteiger partial charge on any atom is -0.492 e. The molecule has 0 saturated carbocycles. The van der Waals surface area contributed by atoms with Crippen LogP contribution in [0, 0.1) is 18.3 Å². The van der Waals surface area contributed by atoms with Crippen LogP contribution in [0.1, 0.15) is 25.2 Å². The Hall–Kier alpha value is -3.28. The number of nitrogens with zero attached hydrogens (tertiary/aromatic N) is 5. The minimum atomic E-state index is -0.0806. The summed E-state index contributed by atoms with van der Waals surface area (Å²) in [6.07, 6.45) is 0. The molecule has 0 aliphatic heterocycles. The van der Waals surface area contributed by atoms with E-state index in [-0.39, 0.29) is 18.1 Å². The van der Waals surface area contributed by atoms with Crippen molar-refractivity contribution < 1.29 is 9.53 Å². The van der Waals surface area contributed by atoms with E-state index < -0.39 is 0 Å². The molecule has 0 unspecified atom stereocenters. The van der Waals surface area contributed by atoms with Gasteiger partial charge in [-0.3, -0.25) is 9.48 Å². The van der Waals surface area contributed by atoms with Gasteiger partial charge in [0, 0.05) is 31.4 Å². The topological polar surface area (TPSA) is 96.1 Å². The summed E-state index contributed by atoms with van der Waals surface area (Å²) in [4.78, 5) is 19.0. The molecule has 0 bridgehead atoms. The number of rotatable bonds is 10. The Labute approximate surface area is 209 Å². The van der Waals surface area contributed by atoms with Gasteiger partial charge in [-0.25, -0.2) is 4.98 Å². The highest BCUT2D eigenvalue weighted by molar-refractivity contribution is 6.33. The van der Waals surface area contributed by atoms with E-state index in [0.29, 0.717) is 59.1 Å². The number of carbonyl (C=O) groups is 1. The van der Waals surface area contributed by atoms with E-state index in [0.717, 1.165) is 5.69 Å². The molecule has 1 amide bonds. The van der Waals surface area contributed by atoms with E-state index in [4.69, 9.17) is 33.2 Å². The molecule has 3 aromatic rings. The van der Waals surface area contributed by atoms with Crippen LogP contribution >= 0.6 is 23.2 Å². The number of amides is 1. The number of likely N-dealkylation sites (N-methyl/N-ethyl adjacent to an activating group) is 1. The molecule has 8 nitrogen and oxygen atoms in total. The van der Waals surface area contributed by atoms with Crippen LogP contribution < -0.4 is 10.1 Å². The van der Waals surface area contributed by atoms with Crippen LogP contribution in [0.2, 0.25) is 10.0 Å². The van der Waals surface area contributed by atoms with Gasteiger partial charge in [0.2, 0.25) is 5.91 Å². The molecular formula is C24H26Cl2N6O2. The van der Waals surface area contributed by atoms with Crippen molar-refractivity contribution in [2.24, 2.45) is 0 Å². The summed E-state index contributed by atoms with van der Waals surface area (Å²) >= 11 is 12.6. The summed E-state index contributed by atoms with van der Waals surface area (Å²) in [6.45, 7) is 7.83. The Kier molecular flexibility index (Phi) is 8.74. The second-order valence-corrected chi connectivity index (χ2v) is 8.19. The highest BCUT2D eigenvalue weighted by atomic mass is 35.5. The molecule has 2 aromatic heterocycles. The quantitative estimate of drug-likeness (QED) is 0.429. The molecule has 0 spiro atoms. The third kappa shape index (κ3) is 5.99. The third-order valence-electron chi connectivity index (χ3n) is 5.20. The second kappa shape index (κ2) is 11.7. The number of carbonyl (C=O) groups excluding carboxylic acids is 1. The molecular weight excluding hydrogens is 475 g/mol. The summed E-state index contributed by atoms with van der Waals surface area (Å²) in [5.41, 5.74) is 2.73. The SMILES string of the molecule is CCOc1cc(NCCN(CC)C(=O)Cn2nc(-c3cccc(C#N)n3)c(Cl)c2C)ccc1Cl. The van der Waals surface area contributed by atoms with Crippen LogP contribution in [0.15, 0.2) is 36.4 Å².